The maximum Gasteiger partial charge on any atom is 0.412 e. The minimum Gasteiger partial charge on any atom is -0.463 e. The summed E-state index contributed by atoms with van der Waals surface area (Å²) in [6, 6.07) is 0. The fourth-order valence-corrected chi connectivity index (χ4v) is 1.48. The van der Waals surface area contributed by atoms with Gasteiger partial charge in [0.15, 0.2) is 0 Å². The van der Waals surface area contributed by atoms with Gasteiger partial charge in [-0.05, 0) is 12.8 Å². The largest absolute Gasteiger partial charge is 0.463 e. The summed E-state index contributed by atoms with van der Waals surface area (Å²) in [5, 5.41) is 0. The number of halogens is 9. The zero-order valence-corrected chi connectivity index (χ0v) is 10.1. The van der Waals surface area contributed by atoms with E-state index < -0.39 is 49.4 Å². The van der Waals surface area contributed by atoms with Gasteiger partial charge in [0, 0.05) is 6.08 Å². The van der Waals surface area contributed by atoms with Crippen molar-refractivity contribution in [2.75, 3.05) is 6.61 Å². The van der Waals surface area contributed by atoms with Crippen LogP contribution in [0.3, 0.4) is 0 Å². The van der Waals surface area contributed by atoms with E-state index in [1.165, 1.54) is 0 Å². The zero-order chi connectivity index (χ0) is 17.1. The Balaban J connectivity index is 5.34. The van der Waals surface area contributed by atoms with Gasteiger partial charge >= 0.3 is 24.5 Å². The molecule has 0 aromatic carbocycles. The highest BCUT2D eigenvalue weighted by atomic mass is 19.4. The third-order valence-corrected chi connectivity index (χ3v) is 2.56. The molecule has 0 bridgehead atoms. The predicted octanol–water partition coefficient (Wildman–Crippen LogP) is 4.17. The van der Waals surface area contributed by atoms with E-state index in [0.717, 1.165) is 0 Å². The molecule has 0 amide bonds. The van der Waals surface area contributed by atoms with Crippen molar-refractivity contribution >= 4 is 5.97 Å². The Morgan fingerprint density at radius 2 is 1.29 bits per heavy atom. The monoisotopic (exact) mass is 332 g/mol. The van der Waals surface area contributed by atoms with Crippen molar-refractivity contribution in [3.63, 3.8) is 0 Å². The summed E-state index contributed by atoms with van der Waals surface area (Å²) in [6.45, 7) is 1.86. The van der Waals surface area contributed by atoms with E-state index in [2.05, 4.69) is 11.3 Å². The van der Waals surface area contributed by atoms with Crippen molar-refractivity contribution < 1.29 is 49.0 Å². The molecule has 0 saturated heterocycles. The molecule has 0 aliphatic rings. The first kappa shape index (κ1) is 19.6. The number of carbonyl (C=O) groups is 1. The Hall–Kier alpha value is -1.42. The first-order chi connectivity index (χ1) is 9.20. The summed E-state index contributed by atoms with van der Waals surface area (Å²) in [5.41, 5.74) is -5.87. The average Bonchev–Trinajstić information content (AvgIpc) is 2.22. The lowest BCUT2D eigenvalue weighted by molar-refractivity contribution is -0.429. The van der Waals surface area contributed by atoms with Crippen molar-refractivity contribution in [1.29, 1.82) is 0 Å². The van der Waals surface area contributed by atoms with Crippen LogP contribution in [-0.4, -0.2) is 31.1 Å². The van der Waals surface area contributed by atoms with Gasteiger partial charge < -0.3 is 4.74 Å². The number of hydrogen-bond donors (Lipinski definition) is 0. The first-order valence-corrected chi connectivity index (χ1v) is 5.20. The Kier molecular flexibility index (Phi) is 5.73. The Bertz CT molecular complexity index is 341. The van der Waals surface area contributed by atoms with Crippen LogP contribution < -0.4 is 0 Å². The molecule has 0 N–H and O–H groups in total. The van der Waals surface area contributed by atoms with E-state index in [-0.39, 0.29) is 0 Å². The third kappa shape index (κ3) is 4.03. The predicted molar refractivity (Wildman–Crippen MR) is 51.0 cm³/mol. The minimum absolute atomic E-state index is 0.560. The zero-order valence-electron chi connectivity index (χ0n) is 10.1. The van der Waals surface area contributed by atoms with Gasteiger partial charge in [0.1, 0.15) is 0 Å². The maximum absolute atomic E-state index is 12.5. The van der Waals surface area contributed by atoms with Gasteiger partial charge in [-0.1, -0.05) is 6.58 Å². The van der Waals surface area contributed by atoms with Crippen molar-refractivity contribution in [3.8, 4) is 0 Å². The SMILES string of the molecule is C=CC(=O)OCCCC(C(F)(F)F)(C(F)(F)F)C(F)(F)F. The molecule has 0 aromatic heterocycles. The van der Waals surface area contributed by atoms with Crippen LogP contribution in [0, 0.1) is 5.41 Å². The van der Waals surface area contributed by atoms with Crippen LogP contribution in [-0.2, 0) is 9.53 Å². The fourth-order valence-electron chi connectivity index (χ4n) is 1.48. The van der Waals surface area contributed by atoms with Gasteiger partial charge in [0.2, 0.25) is 0 Å². The first-order valence-electron chi connectivity index (χ1n) is 5.20. The summed E-state index contributed by atoms with van der Waals surface area (Å²) < 4.78 is 116. The lowest BCUT2D eigenvalue weighted by atomic mass is 9.80. The van der Waals surface area contributed by atoms with Gasteiger partial charge in [-0.2, -0.15) is 39.5 Å². The molecular formula is C10H9F9O2. The number of hydrogen-bond acceptors (Lipinski definition) is 2. The van der Waals surface area contributed by atoms with Gasteiger partial charge in [-0.3, -0.25) is 0 Å². The van der Waals surface area contributed by atoms with E-state index in [0.29, 0.717) is 6.08 Å². The molecule has 0 fully saturated rings. The molecule has 124 valence electrons. The lowest BCUT2D eigenvalue weighted by Crippen LogP contribution is -2.59. The van der Waals surface area contributed by atoms with Crippen LogP contribution in [0.25, 0.3) is 0 Å². The van der Waals surface area contributed by atoms with Crippen molar-refractivity contribution in [1.82, 2.24) is 0 Å². The summed E-state index contributed by atoms with van der Waals surface area (Å²) in [4.78, 5) is 10.5. The van der Waals surface area contributed by atoms with Crippen LogP contribution in [0.5, 0.6) is 0 Å². The highest BCUT2D eigenvalue weighted by molar-refractivity contribution is 5.81. The second-order valence-corrected chi connectivity index (χ2v) is 3.87. The second kappa shape index (κ2) is 6.14. The molecule has 0 spiro atoms. The molecule has 21 heavy (non-hydrogen) atoms. The number of rotatable bonds is 5. The van der Waals surface area contributed by atoms with E-state index in [1.54, 1.807) is 0 Å². The molecule has 0 atom stereocenters. The van der Waals surface area contributed by atoms with Gasteiger partial charge in [-0.25, -0.2) is 4.79 Å². The highest BCUT2D eigenvalue weighted by Crippen LogP contribution is 2.61. The van der Waals surface area contributed by atoms with Crippen LogP contribution in [0.2, 0.25) is 0 Å². The molecule has 0 aromatic rings. The third-order valence-electron chi connectivity index (χ3n) is 2.56. The van der Waals surface area contributed by atoms with Crippen LogP contribution in [0.1, 0.15) is 12.8 Å². The van der Waals surface area contributed by atoms with Crippen molar-refractivity contribution in [2.24, 2.45) is 5.41 Å². The lowest BCUT2D eigenvalue weighted by Gasteiger charge is -2.38. The summed E-state index contributed by atoms with van der Waals surface area (Å²) in [5.74, 6) is -1.17. The molecule has 0 heterocycles. The minimum atomic E-state index is -6.59. The summed E-state index contributed by atoms with van der Waals surface area (Å²) in [7, 11) is 0. The number of carbonyl (C=O) groups excluding carboxylic acids is 1. The second-order valence-electron chi connectivity index (χ2n) is 3.87. The molecule has 2 nitrogen and oxygen atoms in total. The molecule has 0 rings (SSSR count). The van der Waals surface area contributed by atoms with E-state index in [4.69, 9.17) is 0 Å². The molecule has 0 aliphatic heterocycles. The van der Waals surface area contributed by atoms with Crippen LogP contribution in [0.4, 0.5) is 39.5 Å². The molecular weight excluding hydrogens is 323 g/mol. The average molecular weight is 332 g/mol. The standard InChI is InChI=1S/C10H9F9O2/c1-2-6(20)21-5-3-4-7(8(11,12)13,9(14,15)16)10(17,18)19/h2H,1,3-5H2. The molecule has 0 unspecified atom stereocenters. The smallest absolute Gasteiger partial charge is 0.412 e. The van der Waals surface area contributed by atoms with E-state index in [9.17, 15) is 44.3 Å². The number of ether oxygens (including phenoxy) is 1. The van der Waals surface area contributed by atoms with Crippen LogP contribution in [0.15, 0.2) is 12.7 Å². The van der Waals surface area contributed by atoms with Crippen molar-refractivity contribution in [2.45, 2.75) is 31.4 Å². The Labute approximate surface area is 112 Å². The number of alkyl halides is 9. The van der Waals surface area contributed by atoms with Crippen molar-refractivity contribution in [3.05, 3.63) is 12.7 Å². The molecule has 0 saturated carbocycles. The topological polar surface area (TPSA) is 26.3 Å². The molecule has 0 aliphatic carbocycles. The van der Waals surface area contributed by atoms with Crippen LogP contribution >= 0.6 is 0 Å². The molecule has 0 radical (unpaired) electrons. The normalized spacial score (nSPS) is 14.0. The summed E-state index contributed by atoms with van der Waals surface area (Å²) in [6.07, 6.45) is -22.8. The maximum atomic E-state index is 12.5. The van der Waals surface area contributed by atoms with E-state index in [1.807, 2.05) is 0 Å². The quantitative estimate of drug-likeness (QED) is 0.327. The van der Waals surface area contributed by atoms with Gasteiger partial charge in [0.05, 0.1) is 6.61 Å². The Morgan fingerprint density at radius 3 is 1.57 bits per heavy atom. The Morgan fingerprint density at radius 1 is 0.905 bits per heavy atom. The number of esters is 1. The highest BCUT2D eigenvalue weighted by Gasteiger charge is 2.82. The van der Waals surface area contributed by atoms with E-state index >= 15 is 0 Å². The molecule has 11 heteroatoms. The van der Waals surface area contributed by atoms with Gasteiger partial charge in [0.25, 0.3) is 5.41 Å². The summed E-state index contributed by atoms with van der Waals surface area (Å²) >= 11 is 0. The fraction of sp³-hybridized carbons (Fsp3) is 0.700. The van der Waals surface area contributed by atoms with Gasteiger partial charge in [-0.15, -0.1) is 0 Å².